The van der Waals surface area contributed by atoms with E-state index in [0.717, 1.165) is 0 Å². The minimum absolute atomic E-state index is 0.226. The van der Waals surface area contributed by atoms with Crippen molar-refractivity contribution >= 4 is 17.8 Å². The predicted octanol–water partition coefficient (Wildman–Crippen LogP) is 1.14. The number of hydrogen-bond acceptors (Lipinski definition) is 8. The zero-order chi connectivity index (χ0) is 20.6. The summed E-state index contributed by atoms with van der Waals surface area (Å²) in [5.74, 6) is 1.03. The second-order valence-corrected chi connectivity index (χ2v) is 6.46. The molecule has 0 N–H and O–H groups in total. The van der Waals surface area contributed by atoms with Crippen LogP contribution in [0, 0.1) is 0 Å². The molecule has 0 radical (unpaired) electrons. The predicted molar refractivity (Wildman–Crippen MR) is 105 cm³/mol. The molecule has 0 aliphatic carbocycles. The van der Waals surface area contributed by atoms with Gasteiger partial charge >= 0.3 is 5.97 Å². The van der Waals surface area contributed by atoms with Crippen molar-refractivity contribution in [3.63, 3.8) is 0 Å². The fourth-order valence-electron chi connectivity index (χ4n) is 2.93. The SMILES string of the molecule is COc1ccc(OCC(=O)OC(C)C(=O)N2CCN(c3ncccn3)CC2)cc1. The van der Waals surface area contributed by atoms with Gasteiger partial charge in [-0.15, -0.1) is 0 Å². The number of carbonyl (C=O) groups is 2. The summed E-state index contributed by atoms with van der Waals surface area (Å²) in [5, 5.41) is 0. The number of benzene rings is 1. The Morgan fingerprint density at radius 1 is 1.03 bits per heavy atom. The van der Waals surface area contributed by atoms with Crippen LogP contribution in [0.4, 0.5) is 5.95 Å². The van der Waals surface area contributed by atoms with Gasteiger partial charge < -0.3 is 24.0 Å². The highest BCUT2D eigenvalue weighted by molar-refractivity contribution is 5.84. The summed E-state index contributed by atoms with van der Waals surface area (Å²) < 4.78 is 15.7. The van der Waals surface area contributed by atoms with Crippen LogP contribution in [-0.4, -0.2) is 72.7 Å². The molecule has 1 aromatic carbocycles. The van der Waals surface area contributed by atoms with Crippen molar-refractivity contribution in [1.82, 2.24) is 14.9 Å². The van der Waals surface area contributed by atoms with E-state index in [4.69, 9.17) is 14.2 Å². The third-order valence-electron chi connectivity index (χ3n) is 4.50. The summed E-state index contributed by atoms with van der Waals surface area (Å²) in [6.45, 7) is 3.57. The number of carbonyl (C=O) groups excluding carboxylic acids is 2. The van der Waals surface area contributed by atoms with Crippen molar-refractivity contribution in [3.05, 3.63) is 42.7 Å². The van der Waals surface area contributed by atoms with E-state index < -0.39 is 12.1 Å². The molecule has 1 saturated heterocycles. The van der Waals surface area contributed by atoms with Gasteiger partial charge in [-0.3, -0.25) is 4.79 Å². The maximum Gasteiger partial charge on any atom is 0.344 e. The molecule has 29 heavy (non-hydrogen) atoms. The molecule has 2 aromatic rings. The monoisotopic (exact) mass is 400 g/mol. The Kier molecular flexibility index (Phi) is 6.83. The Hall–Kier alpha value is -3.36. The van der Waals surface area contributed by atoms with E-state index in [0.29, 0.717) is 43.6 Å². The number of nitrogens with zero attached hydrogens (tertiary/aromatic N) is 4. The Labute approximate surface area is 169 Å². The lowest BCUT2D eigenvalue weighted by atomic mass is 10.2. The number of aromatic nitrogens is 2. The number of anilines is 1. The van der Waals surface area contributed by atoms with Crippen LogP contribution in [0.2, 0.25) is 0 Å². The summed E-state index contributed by atoms with van der Waals surface area (Å²) in [6, 6.07) is 8.60. The standard InChI is InChI=1S/C20H24N4O5/c1-15(29-18(25)14-28-17-6-4-16(27-2)5-7-17)19(26)23-10-12-24(13-11-23)20-21-8-3-9-22-20/h3-9,15H,10-14H2,1-2H3. The van der Waals surface area contributed by atoms with Gasteiger partial charge in [-0.25, -0.2) is 14.8 Å². The summed E-state index contributed by atoms with van der Waals surface area (Å²) in [6.07, 6.45) is 2.51. The average molecular weight is 400 g/mol. The van der Waals surface area contributed by atoms with Gasteiger partial charge in [0.15, 0.2) is 12.7 Å². The van der Waals surface area contributed by atoms with E-state index in [1.165, 1.54) is 0 Å². The largest absolute Gasteiger partial charge is 0.497 e. The van der Waals surface area contributed by atoms with Crippen LogP contribution in [0.15, 0.2) is 42.7 Å². The number of esters is 1. The highest BCUT2D eigenvalue weighted by Crippen LogP contribution is 2.17. The Morgan fingerprint density at radius 2 is 1.66 bits per heavy atom. The Balaban J connectivity index is 1.42. The molecule has 1 aliphatic heterocycles. The molecule has 1 aliphatic rings. The van der Waals surface area contributed by atoms with Crippen LogP contribution in [0.5, 0.6) is 11.5 Å². The van der Waals surface area contributed by atoms with Crippen LogP contribution < -0.4 is 14.4 Å². The number of methoxy groups -OCH3 is 1. The molecule has 1 atom stereocenters. The van der Waals surface area contributed by atoms with Crippen molar-refractivity contribution in [2.45, 2.75) is 13.0 Å². The number of rotatable bonds is 7. The van der Waals surface area contributed by atoms with Gasteiger partial charge in [-0.2, -0.15) is 0 Å². The van der Waals surface area contributed by atoms with Crippen LogP contribution >= 0.6 is 0 Å². The zero-order valence-corrected chi connectivity index (χ0v) is 16.5. The molecule has 1 amide bonds. The number of hydrogen-bond donors (Lipinski definition) is 0. The minimum Gasteiger partial charge on any atom is -0.497 e. The van der Waals surface area contributed by atoms with E-state index in [-0.39, 0.29) is 12.5 Å². The van der Waals surface area contributed by atoms with Crippen molar-refractivity contribution in [1.29, 1.82) is 0 Å². The molecule has 0 saturated carbocycles. The second-order valence-electron chi connectivity index (χ2n) is 6.46. The van der Waals surface area contributed by atoms with Crippen molar-refractivity contribution in [2.24, 2.45) is 0 Å². The maximum absolute atomic E-state index is 12.6. The first kappa shape index (κ1) is 20.4. The molecule has 2 heterocycles. The maximum atomic E-state index is 12.6. The fraction of sp³-hybridized carbons (Fsp3) is 0.400. The first-order chi connectivity index (χ1) is 14.1. The quantitative estimate of drug-likeness (QED) is 0.639. The van der Waals surface area contributed by atoms with E-state index in [2.05, 4.69) is 9.97 Å². The lowest BCUT2D eigenvalue weighted by Gasteiger charge is -2.35. The van der Waals surface area contributed by atoms with Gasteiger partial charge in [0.1, 0.15) is 11.5 Å². The van der Waals surface area contributed by atoms with E-state index >= 15 is 0 Å². The zero-order valence-electron chi connectivity index (χ0n) is 16.5. The molecular formula is C20H24N4O5. The molecule has 1 aromatic heterocycles. The molecule has 9 heteroatoms. The van der Waals surface area contributed by atoms with Gasteiger partial charge in [-0.1, -0.05) is 0 Å². The Bertz CT molecular complexity index is 807. The van der Waals surface area contributed by atoms with Crippen molar-refractivity contribution < 1.29 is 23.8 Å². The van der Waals surface area contributed by atoms with E-state index in [9.17, 15) is 9.59 Å². The molecule has 154 valence electrons. The number of amides is 1. The van der Waals surface area contributed by atoms with Gasteiger partial charge in [0, 0.05) is 38.6 Å². The van der Waals surface area contributed by atoms with Crippen LogP contribution in [0.25, 0.3) is 0 Å². The normalized spacial score (nSPS) is 14.8. The van der Waals surface area contributed by atoms with Gasteiger partial charge in [-0.05, 0) is 37.3 Å². The Morgan fingerprint density at radius 3 is 2.28 bits per heavy atom. The first-order valence-electron chi connectivity index (χ1n) is 9.34. The van der Waals surface area contributed by atoms with Crippen LogP contribution in [0.1, 0.15) is 6.92 Å². The molecule has 0 spiro atoms. The van der Waals surface area contributed by atoms with E-state index in [1.54, 1.807) is 61.7 Å². The van der Waals surface area contributed by atoms with Gasteiger partial charge in [0.2, 0.25) is 5.95 Å². The van der Waals surface area contributed by atoms with E-state index in [1.807, 2.05) is 4.90 Å². The second kappa shape index (κ2) is 9.72. The molecule has 1 fully saturated rings. The summed E-state index contributed by atoms with van der Waals surface area (Å²) in [7, 11) is 1.57. The topological polar surface area (TPSA) is 94.1 Å². The van der Waals surface area contributed by atoms with Crippen LogP contribution in [-0.2, 0) is 14.3 Å². The lowest BCUT2D eigenvalue weighted by Crippen LogP contribution is -2.52. The first-order valence-corrected chi connectivity index (χ1v) is 9.34. The molecular weight excluding hydrogens is 376 g/mol. The third-order valence-corrected chi connectivity index (χ3v) is 4.50. The number of piperazine rings is 1. The summed E-state index contributed by atoms with van der Waals surface area (Å²) in [4.78, 5) is 36.7. The van der Waals surface area contributed by atoms with Gasteiger partial charge in [0.05, 0.1) is 7.11 Å². The molecule has 3 rings (SSSR count). The smallest absolute Gasteiger partial charge is 0.344 e. The van der Waals surface area contributed by atoms with Crippen LogP contribution in [0.3, 0.4) is 0 Å². The van der Waals surface area contributed by atoms with Crippen molar-refractivity contribution in [3.8, 4) is 11.5 Å². The molecule has 1 unspecified atom stereocenters. The highest BCUT2D eigenvalue weighted by Gasteiger charge is 2.28. The highest BCUT2D eigenvalue weighted by atomic mass is 16.6. The summed E-state index contributed by atoms with van der Waals surface area (Å²) >= 11 is 0. The summed E-state index contributed by atoms with van der Waals surface area (Å²) in [5.41, 5.74) is 0. The lowest BCUT2D eigenvalue weighted by molar-refractivity contribution is -0.160. The molecule has 0 bridgehead atoms. The van der Waals surface area contributed by atoms with Crippen molar-refractivity contribution in [2.75, 3.05) is 44.8 Å². The fourth-order valence-corrected chi connectivity index (χ4v) is 2.93. The average Bonchev–Trinajstić information content (AvgIpc) is 2.78. The van der Waals surface area contributed by atoms with Gasteiger partial charge in [0.25, 0.3) is 5.91 Å². The third kappa shape index (κ3) is 5.56. The minimum atomic E-state index is -0.874. The number of ether oxygens (including phenoxy) is 3. The molecule has 9 nitrogen and oxygen atoms in total.